The van der Waals surface area contributed by atoms with Gasteiger partial charge in [0.2, 0.25) is 5.95 Å². The first-order valence-corrected chi connectivity index (χ1v) is 9.99. The Kier molecular flexibility index (Phi) is 5.85. The summed E-state index contributed by atoms with van der Waals surface area (Å²) in [5.74, 6) is 1.13. The maximum Gasteiger partial charge on any atom is 0.226 e. The van der Waals surface area contributed by atoms with Crippen molar-refractivity contribution in [2.75, 3.05) is 23.8 Å². The van der Waals surface area contributed by atoms with Crippen LogP contribution in [0.1, 0.15) is 25.5 Å². The fraction of sp³-hybridized carbons (Fsp3) is 0.273. The van der Waals surface area contributed by atoms with Crippen molar-refractivity contribution in [3.8, 4) is 11.3 Å². The van der Waals surface area contributed by atoms with Gasteiger partial charge in [-0.15, -0.1) is 0 Å². The van der Waals surface area contributed by atoms with Gasteiger partial charge in [0.1, 0.15) is 0 Å². The average Bonchev–Trinajstić information content (AvgIpc) is 3.21. The van der Waals surface area contributed by atoms with E-state index in [1.165, 1.54) is 0 Å². The summed E-state index contributed by atoms with van der Waals surface area (Å²) < 4.78 is 2.01. The molecule has 0 unspecified atom stereocenters. The van der Waals surface area contributed by atoms with Gasteiger partial charge < -0.3 is 20.3 Å². The smallest absolute Gasteiger partial charge is 0.226 e. The van der Waals surface area contributed by atoms with E-state index in [4.69, 9.17) is 5.11 Å². The monoisotopic (exact) mass is 403 g/mol. The zero-order valence-electron chi connectivity index (χ0n) is 17.1. The number of benzene rings is 1. The number of imidazole rings is 1. The summed E-state index contributed by atoms with van der Waals surface area (Å²) in [5, 5.41) is 15.5. The van der Waals surface area contributed by atoms with Crippen LogP contribution in [-0.4, -0.2) is 42.8 Å². The van der Waals surface area contributed by atoms with Crippen LogP contribution in [0.4, 0.5) is 11.8 Å². The average molecular weight is 403 g/mol. The van der Waals surface area contributed by atoms with Gasteiger partial charge >= 0.3 is 0 Å². The Labute approximate surface area is 175 Å². The number of hydrogen-bond acceptors (Lipinski definition) is 7. The van der Waals surface area contributed by atoms with Crippen LogP contribution in [0.5, 0.6) is 0 Å². The lowest BCUT2D eigenvalue weighted by Gasteiger charge is -2.12. The number of fused-ring (bicyclic) bond motifs is 1. The summed E-state index contributed by atoms with van der Waals surface area (Å²) in [4.78, 5) is 18.0. The summed E-state index contributed by atoms with van der Waals surface area (Å²) in [7, 11) is 0. The molecule has 3 heterocycles. The van der Waals surface area contributed by atoms with Gasteiger partial charge in [0.05, 0.1) is 18.6 Å². The topological polar surface area (TPSA) is 101 Å². The van der Waals surface area contributed by atoms with Crippen LogP contribution in [0, 0.1) is 0 Å². The van der Waals surface area contributed by atoms with Gasteiger partial charge in [-0.25, -0.2) is 4.98 Å². The largest absolute Gasteiger partial charge is 0.395 e. The van der Waals surface area contributed by atoms with Gasteiger partial charge in [-0.05, 0) is 31.5 Å². The minimum Gasteiger partial charge on any atom is -0.395 e. The van der Waals surface area contributed by atoms with E-state index in [1.807, 2.05) is 22.8 Å². The molecule has 8 nitrogen and oxygen atoms in total. The summed E-state index contributed by atoms with van der Waals surface area (Å²) in [5.41, 5.74) is 4.63. The minimum atomic E-state index is 0.0101. The molecule has 30 heavy (non-hydrogen) atoms. The molecule has 8 heteroatoms. The van der Waals surface area contributed by atoms with Crippen LogP contribution in [0.3, 0.4) is 0 Å². The number of aromatic nitrogens is 5. The Bertz CT molecular complexity index is 1110. The predicted molar refractivity (Wildman–Crippen MR) is 118 cm³/mol. The molecular formula is C22H25N7O. The molecular weight excluding hydrogens is 378 g/mol. The van der Waals surface area contributed by atoms with E-state index in [-0.39, 0.29) is 12.6 Å². The van der Waals surface area contributed by atoms with E-state index < -0.39 is 0 Å². The maximum atomic E-state index is 9.11. The third-order valence-electron chi connectivity index (χ3n) is 4.75. The van der Waals surface area contributed by atoms with Crippen molar-refractivity contribution >= 4 is 22.9 Å². The lowest BCUT2D eigenvalue weighted by Crippen LogP contribution is -2.12. The molecule has 3 aromatic heterocycles. The number of nitrogens with zero attached hydrogens (tertiary/aromatic N) is 5. The predicted octanol–water partition coefficient (Wildman–Crippen LogP) is 3.49. The molecule has 0 spiro atoms. The standard InChI is InChI=1S/C22H25N7O/c1-15(2)29-14-26-19-20(27-22(24-11-12-30)28-21(19)29)25-13-16-6-8-17(9-7-16)18-5-3-4-10-23-18/h3-10,14-15,30H,11-13H2,1-2H3,(H2,24,25,27,28). The maximum absolute atomic E-state index is 9.11. The summed E-state index contributed by atoms with van der Waals surface area (Å²) >= 11 is 0. The molecule has 0 amide bonds. The van der Waals surface area contributed by atoms with Gasteiger partial charge in [-0.2, -0.15) is 9.97 Å². The molecule has 0 radical (unpaired) electrons. The van der Waals surface area contributed by atoms with Crippen molar-refractivity contribution in [2.24, 2.45) is 0 Å². The van der Waals surface area contributed by atoms with Crippen LogP contribution < -0.4 is 10.6 Å². The second kappa shape index (κ2) is 8.87. The second-order valence-corrected chi connectivity index (χ2v) is 7.23. The molecule has 1 aromatic carbocycles. The highest BCUT2D eigenvalue weighted by atomic mass is 16.3. The van der Waals surface area contributed by atoms with Gasteiger partial charge in [-0.3, -0.25) is 4.98 Å². The SMILES string of the molecule is CC(C)n1cnc2c(NCc3ccc(-c4ccccn4)cc3)nc(NCCO)nc21. The Morgan fingerprint density at radius 2 is 1.83 bits per heavy atom. The molecule has 0 atom stereocenters. The summed E-state index contributed by atoms with van der Waals surface area (Å²) in [6.07, 6.45) is 3.58. The zero-order valence-corrected chi connectivity index (χ0v) is 17.1. The first kappa shape index (κ1) is 19.8. The number of aliphatic hydroxyl groups excluding tert-OH is 1. The van der Waals surface area contributed by atoms with Gasteiger partial charge in [-0.1, -0.05) is 30.3 Å². The quantitative estimate of drug-likeness (QED) is 0.414. The third-order valence-corrected chi connectivity index (χ3v) is 4.75. The zero-order chi connectivity index (χ0) is 20.9. The third kappa shape index (κ3) is 4.23. The number of pyridine rings is 1. The molecule has 154 valence electrons. The molecule has 0 fully saturated rings. The number of nitrogens with one attached hydrogen (secondary N) is 2. The summed E-state index contributed by atoms with van der Waals surface area (Å²) in [6.45, 7) is 5.16. The Morgan fingerprint density at radius 3 is 2.53 bits per heavy atom. The number of hydrogen-bond donors (Lipinski definition) is 3. The Balaban J connectivity index is 1.57. The van der Waals surface area contributed by atoms with E-state index in [9.17, 15) is 0 Å². The van der Waals surface area contributed by atoms with E-state index >= 15 is 0 Å². The number of rotatable bonds is 8. The van der Waals surface area contributed by atoms with Crippen LogP contribution in [0.25, 0.3) is 22.4 Å². The van der Waals surface area contributed by atoms with Crippen molar-refractivity contribution in [2.45, 2.75) is 26.4 Å². The molecule has 0 aliphatic rings. The van der Waals surface area contributed by atoms with Crippen molar-refractivity contribution in [1.29, 1.82) is 0 Å². The Morgan fingerprint density at radius 1 is 1.00 bits per heavy atom. The second-order valence-electron chi connectivity index (χ2n) is 7.23. The molecule has 3 N–H and O–H groups in total. The van der Waals surface area contributed by atoms with E-state index in [2.05, 4.69) is 68.7 Å². The highest BCUT2D eigenvalue weighted by Crippen LogP contribution is 2.24. The van der Waals surface area contributed by atoms with Crippen LogP contribution in [-0.2, 0) is 6.54 Å². The van der Waals surface area contributed by atoms with Crippen LogP contribution in [0.15, 0.2) is 55.0 Å². The highest BCUT2D eigenvalue weighted by molar-refractivity contribution is 5.84. The molecule has 0 aliphatic heterocycles. The Hall–Kier alpha value is -3.52. The fourth-order valence-electron chi connectivity index (χ4n) is 3.18. The summed E-state index contributed by atoms with van der Waals surface area (Å²) in [6, 6.07) is 14.4. The molecule has 4 aromatic rings. The highest BCUT2D eigenvalue weighted by Gasteiger charge is 2.14. The molecule has 0 saturated carbocycles. The molecule has 4 rings (SSSR count). The van der Waals surface area contributed by atoms with Crippen LogP contribution >= 0.6 is 0 Å². The van der Waals surface area contributed by atoms with Crippen molar-refractivity contribution in [3.63, 3.8) is 0 Å². The lowest BCUT2D eigenvalue weighted by atomic mass is 10.1. The fourth-order valence-corrected chi connectivity index (χ4v) is 3.18. The number of anilines is 2. The van der Waals surface area contributed by atoms with Crippen molar-refractivity contribution in [1.82, 2.24) is 24.5 Å². The molecule has 0 saturated heterocycles. The minimum absolute atomic E-state index is 0.0101. The molecule has 0 aliphatic carbocycles. The van der Waals surface area contributed by atoms with Gasteiger partial charge in [0.25, 0.3) is 0 Å². The van der Waals surface area contributed by atoms with E-state index in [0.717, 1.165) is 28.0 Å². The van der Waals surface area contributed by atoms with E-state index in [0.29, 0.717) is 24.9 Å². The van der Waals surface area contributed by atoms with Crippen molar-refractivity contribution in [3.05, 3.63) is 60.6 Å². The first-order chi connectivity index (χ1) is 14.7. The van der Waals surface area contributed by atoms with E-state index in [1.54, 1.807) is 12.5 Å². The van der Waals surface area contributed by atoms with Crippen molar-refractivity contribution < 1.29 is 5.11 Å². The lowest BCUT2D eigenvalue weighted by molar-refractivity contribution is 0.311. The van der Waals surface area contributed by atoms with Gasteiger partial charge in [0, 0.05) is 30.9 Å². The normalized spacial score (nSPS) is 11.2. The van der Waals surface area contributed by atoms with Crippen LogP contribution in [0.2, 0.25) is 0 Å². The number of aliphatic hydroxyl groups is 1. The first-order valence-electron chi connectivity index (χ1n) is 9.99. The molecule has 0 bridgehead atoms. The van der Waals surface area contributed by atoms with Gasteiger partial charge in [0.15, 0.2) is 17.0 Å².